The molecule has 0 bridgehead atoms. The maximum Gasteiger partial charge on any atom is 0.123 e. The van der Waals surface area contributed by atoms with Crippen LogP contribution in [-0.4, -0.2) is 28.0 Å². The minimum Gasteiger partial charge on any atom is -0.342 e. The molecule has 0 aliphatic carbocycles. The first-order chi connectivity index (χ1) is 10.7. The number of nitrogens with zero attached hydrogens (tertiary/aromatic N) is 2. The summed E-state index contributed by atoms with van der Waals surface area (Å²) >= 11 is 0. The Morgan fingerprint density at radius 2 is 2.05 bits per heavy atom. The van der Waals surface area contributed by atoms with Crippen molar-refractivity contribution < 1.29 is 4.39 Å². The normalized spacial score (nSPS) is 16.1. The van der Waals surface area contributed by atoms with E-state index in [9.17, 15) is 4.39 Å². The zero-order valence-corrected chi connectivity index (χ0v) is 12.5. The predicted octanol–water partition coefficient (Wildman–Crippen LogP) is 3.61. The van der Waals surface area contributed by atoms with Crippen LogP contribution in [0.3, 0.4) is 0 Å². The van der Waals surface area contributed by atoms with Crippen molar-refractivity contribution in [2.45, 2.75) is 19.4 Å². The van der Waals surface area contributed by atoms with Gasteiger partial charge in [0.25, 0.3) is 0 Å². The van der Waals surface area contributed by atoms with Crippen LogP contribution in [0.15, 0.2) is 42.5 Å². The first-order valence-corrected chi connectivity index (χ1v) is 7.61. The highest BCUT2D eigenvalue weighted by Gasteiger charge is 2.30. The van der Waals surface area contributed by atoms with Gasteiger partial charge in [0, 0.05) is 25.6 Å². The summed E-state index contributed by atoms with van der Waals surface area (Å²) in [6.45, 7) is 4.77. The number of para-hydroxylation sites is 2. The molecule has 3 nitrogen and oxygen atoms in total. The lowest BCUT2D eigenvalue weighted by Gasteiger charge is -2.38. The quantitative estimate of drug-likeness (QED) is 0.800. The van der Waals surface area contributed by atoms with Gasteiger partial charge in [-0.25, -0.2) is 9.37 Å². The number of benzene rings is 2. The number of imidazole rings is 1. The van der Waals surface area contributed by atoms with E-state index in [1.54, 1.807) is 6.07 Å². The van der Waals surface area contributed by atoms with Crippen molar-refractivity contribution in [3.63, 3.8) is 0 Å². The molecule has 3 aromatic rings. The van der Waals surface area contributed by atoms with Crippen molar-refractivity contribution in [1.29, 1.82) is 0 Å². The molecule has 1 aliphatic rings. The molecule has 1 aliphatic heterocycles. The molecule has 0 atom stereocenters. The van der Waals surface area contributed by atoms with Crippen LogP contribution in [0.5, 0.6) is 0 Å². The van der Waals surface area contributed by atoms with Gasteiger partial charge >= 0.3 is 0 Å². The number of aromatic nitrogens is 2. The third kappa shape index (κ3) is 2.40. The second-order valence-corrected chi connectivity index (χ2v) is 6.10. The number of aryl methyl sites for hydroxylation is 1. The Kier molecular flexibility index (Phi) is 3.19. The Bertz CT molecular complexity index is 785. The van der Waals surface area contributed by atoms with E-state index < -0.39 is 0 Å². The highest BCUT2D eigenvalue weighted by Crippen LogP contribution is 2.28. The molecule has 112 valence electrons. The molecule has 1 saturated heterocycles. The summed E-state index contributed by atoms with van der Waals surface area (Å²) in [5.74, 6) is 1.35. The Balaban J connectivity index is 1.44. The lowest BCUT2D eigenvalue weighted by molar-refractivity contribution is 0.135. The van der Waals surface area contributed by atoms with E-state index in [4.69, 9.17) is 0 Å². The molecule has 22 heavy (non-hydrogen) atoms. The molecule has 4 heteroatoms. The number of hydrogen-bond donors (Lipinski definition) is 1. The van der Waals surface area contributed by atoms with E-state index in [0.29, 0.717) is 5.92 Å². The number of likely N-dealkylation sites (tertiary alicyclic amines) is 1. The van der Waals surface area contributed by atoms with Crippen LogP contribution in [0.1, 0.15) is 22.9 Å². The number of rotatable bonds is 3. The van der Waals surface area contributed by atoms with Crippen LogP contribution in [-0.2, 0) is 6.54 Å². The molecule has 0 saturated carbocycles. The summed E-state index contributed by atoms with van der Waals surface area (Å²) in [4.78, 5) is 10.4. The Hall–Kier alpha value is -2.20. The fourth-order valence-electron chi connectivity index (χ4n) is 3.09. The van der Waals surface area contributed by atoms with E-state index in [-0.39, 0.29) is 5.82 Å². The van der Waals surface area contributed by atoms with Crippen molar-refractivity contribution in [1.82, 2.24) is 14.9 Å². The highest BCUT2D eigenvalue weighted by atomic mass is 19.1. The number of halogens is 1. The van der Waals surface area contributed by atoms with Crippen LogP contribution in [0, 0.1) is 12.7 Å². The smallest absolute Gasteiger partial charge is 0.123 e. The van der Waals surface area contributed by atoms with E-state index in [1.165, 1.54) is 6.07 Å². The molecule has 0 radical (unpaired) electrons. The van der Waals surface area contributed by atoms with Crippen LogP contribution in [0.2, 0.25) is 0 Å². The number of H-pyrrole nitrogens is 1. The Morgan fingerprint density at radius 3 is 2.86 bits per heavy atom. The van der Waals surface area contributed by atoms with Gasteiger partial charge in [0.15, 0.2) is 0 Å². The van der Waals surface area contributed by atoms with Gasteiger partial charge in [-0.2, -0.15) is 0 Å². The van der Waals surface area contributed by atoms with Gasteiger partial charge in [0.1, 0.15) is 11.6 Å². The van der Waals surface area contributed by atoms with Crippen LogP contribution >= 0.6 is 0 Å². The van der Waals surface area contributed by atoms with E-state index in [1.807, 2.05) is 31.2 Å². The molecule has 2 aromatic carbocycles. The van der Waals surface area contributed by atoms with Gasteiger partial charge in [-0.3, -0.25) is 4.90 Å². The zero-order chi connectivity index (χ0) is 15.1. The SMILES string of the molecule is Cc1ccc(F)cc1CN1CC(c2nc3ccccc3[nH]2)C1. The van der Waals surface area contributed by atoms with Gasteiger partial charge in [-0.05, 0) is 42.3 Å². The average molecular weight is 295 g/mol. The van der Waals surface area contributed by atoms with Crippen LogP contribution in [0.4, 0.5) is 4.39 Å². The summed E-state index contributed by atoms with van der Waals surface area (Å²) in [5, 5.41) is 0. The summed E-state index contributed by atoms with van der Waals surface area (Å²) in [6.07, 6.45) is 0. The van der Waals surface area contributed by atoms with Crippen molar-refractivity contribution in [3.8, 4) is 0 Å². The first-order valence-electron chi connectivity index (χ1n) is 7.61. The molecule has 4 rings (SSSR count). The third-order valence-corrected chi connectivity index (χ3v) is 4.46. The topological polar surface area (TPSA) is 31.9 Å². The molecular weight excluding hydrogens is 277 g/mol. The van der Waals surface area contributed by atoms with E-state index in [2.05, 4.69) is 20.9 Å². The molecule has 0 unspecified atom stereocenters. The lowest BCUT2D eigenvalue weighted by Crippen LogP contribution is -2.44. The predicted molar refractivity (Wildman–Crippen MR) is 85.2 cm³/mol. The molecule has 2 heterocycles. The fourth-order valence-corrected chi connectivity index (χ4v) is 3.09. The maximum atomic E-state index is 13.3. The monoisotopic (exact) mass is 295 g/mol. The Labute approximate surface area is 128 Å². The van der Waals surface area contributed by atoms with Gasteiger partial charge < -0.3 is 4.98 Å². The fraction of sp³-hybridized carbons (Fsp3) is 0.278. The number of aromatic amines is 1. The molecule has 1 N–H and O–H groups in total. The highest BCUT2D eigenvalue weighted by molar-refractivity contribution is 5.74. The molecule has 1 aromatic heterocycles. The second kappa shape index (κ2) is 5.21. The number of hydrogen-bond acceptors (Lipinski definition) is 2. The lowest BCUT2D eigenvalue weighted by atomic mass is 9.97. The molecule has 0 spiro atoms. The van der Waals surface area contributed by atoms with Gasteiger partial charge in [0.05, 0.1) is 11.0 Å². The maximum absolute atomic E-state index is 13.3. The van der Waals surface area contributed by atoms with E-state index >= 15 is 0 Å². The van der Waals surface area contributed by atoms with Gasteiger partial charge in [-0.1, -0.05) is 18.2 Å². The van der Waals surface area contributed by atoms with Crippen molar-refractivity contribution >= 4 is 11.0 Å². The summed E-state index contributed by atoms with van der Waals surface area (Å²) < 4.78 is 13.3. The molecule has 1 fully saturated rings. The second-order valence-electron chi connectivity index (χ2n) is 6.10. The number of nitrogens with one attached hydrogen (secondary N) is 1. The molecule has 0 amide bonds. The van der Waals surface area contributed by atoms with Crippen molar-refractivity contribution in [2.24, 2.45) is 0 Å². The summed E-state index contributed by atoms with van der Waals surface area (Å²) in [5.41, 5.74) is 4.34. The number of fused-ring (bicyclic) bond motifs is 1. The standard InChI is InChI=1S/C18H18FN3/c1-12-6-7-15(19)8-13(12)9-22-10-14(11-22)18-20-16-4-2-3-5-17(16)21-18/h2-8,14H,9-11H2,1H3,(H,20,21). The summed E-state index contributed by atoms with van der Waals surface area (Å²) in [7, 11) is 0. The molecular formula is C18H18FN3. The zero-order valence-electron chi connectivity index (χ0n) is 12.5. The van der Waals surface area contributed by atoms with Crippen molar-refractivity contribution in [2.75, 3.05) is 13.1 Å². The Morgan fingerprint density at radius 1 is 1.23 bits per heavy atom. The van der Waals surface area contributed by atoms with Crippen LogP contribution < -0.4 is 0 Å². The van der Waals surface area contributed by atoms with Crippen molar-refractivity contribution in [3.05, 3.63) is 65.2 Å². The third-order valence-electron chi connectivity index (χ3n) is 4.46. The largest absolute Gasteiger partial charge is 0.342 e. The minimum absolute atomic E-state index is 0.157. The van der Waals surface area contributed by atoms with Gasteiger partial charge in [-0.15, -0.1) is 0 Å². The van der Waals surface area contributed by atoms with Crippen LogP contribution in [0.25, 0.3) is 11.0 Å². The van der Waals surface area contributed by atoms with E-state index in [0.717, 1.165) is 47.6 Å². The average Bonchev–Trinajstić information content (AvgIpc) is 2.89. The summed E-state index contributed by atoms with van der Waals surface area (Å²) in [6, 6.07) is 13.1. The first kappa shape index (κ1) is 13.5. The minimum atomic E-state index is -0.157. The van der Waals surface area contributed by atoms with Gasteiger partial charge in [0.2, 0.25) is 0 Å².